The van der Waals surface area contributed by atoms with Crippen molar-refractivity contribution in [1.29, 1.82) is 0 Å². The van der Waals surface area contributed by atoms with Crippen molar-refractivity contribution in [2.45, 2.75) is 59.4 Å². The van der Waals surface area contributed by atoms with Crippen LogP contribution in [-0.4, -0.2) is 53.8 Å². The summed E-state index contributed by atoms with van der Waals surface area (Å²) in [6, 6.07) is 0.154. The van der Waals surface area contributed by atoms with Crippen molar-refractivity contribution >= 4 is 11.8 Å². The van der Waals surface area contributed by atoms with Crippen molar-refractivity contribution in [1.82, 2.24) is 9.80 Å². The summed E-state index contributed by atoms with van der Waals surface area (Å²) in [6.07, 6.45) is 3.54. The lowest BCUT2D eigenvalue weighted by Gasteiger charge is -2.44. The predicted octanol–water partition coefficient (Wildman–Crippen LogP) is 1.86. The number of likely N-dealkylation sites (tertiary alicyclic amines) is 2. The predicted molar refractivity (Wildman–Crippen MR) is 91.7 cm³/mol. The van der Waals surface area contributed by atoms with Gasteiger partial charge in [-0.15, -0.1) is 0 Å². The molecule has 0 aromatic carbocycles. The molecule has 0 saturated carbocycles. The van der Waals surface area contributed by atoms with Crippen LogP contribution < -0.4 is 5.73 Å². The molecule has 23 heavy (non-hydrogen) atoms. The Balaban J connectivity index is 1.98. The van der Waals surface area contributed by atoms with Crippen LogP contribution in [0.25, 0.3) is 0 Å². The zero-order valence-electron chi connectivity index (χ0n) is 15.2. The molecule has 2 fully saturated rings. The highest BCUT2D eigenvalue weighted by molar-refractivity contribution is 5.82. The molecule has 2 rings (SSSR count). The fourth-order valence-corrected chi connectivity index (χ4v) is 3.69. The Morgan fingerprint density at radius 1 is 1.22 bits per heavy atom. The van der Waals surface area contributed by atoms with Crippen molar-refractivity contribution in [2.24, 2.45) is 23.0 Å². The monoisotopic (exact) mass is 323 g/mol. The number of rotatable bonds is 3. The number of hydrogen-bond donors (Lipinski definition) is 1. The van der Waals surface area contributed by atoms with Gasteiger partial charge in [0.1, 0.15) is 0 Å². The molecule has 5 nitrogen and oxygen atoms in total. The third-order valence-electron chi connectivity index (χ3n) is 5.74. The third kappa shape index (κ3) is 4.06. The molecule has 2 aliphatic heterocycles. The molecule has 2 N–H and O–H groups in total. The van der Waals surface area contributed by atoms with Crippen LogP contribution in [0.1, 0.15) is 53.4 Å². The molecular weight excluding hydrogens is 290 g/mol. The quantitative estimate of drug-likeness (QED) is 0.862. The van der Waals surface area contributed by atoms with Crippen LogP contribution in [0.15, 0.2) is 0 Å². The standard InChI is InChI=1S/C18H33N3O2/c1-5-13(2)16(22)20-9-6-7-14(11-20)17(23)21-10-8-15(19)18(3,4)12-21/h13-15H,5-12,19H2,1-4H3. The van der Waals surface area contributed by atoms with Crippen molar-refractivity contribution in [3.63, 3.8) is 0 Å². The van der Waals surface area contributed by atoms with Gasteiger partial charge < -0.3 is 15.5 Å². The lowest BCUT2D eigenvalue weighted by Crippen LogP contribution is -2.56. The number of hydrogen-bond acceptors (Lipinski definition) is 3. The molecule has 0 aliphatic carbocycles. The van der Waals surface area contributed by atoms with Gasteiger partial charge in [0.05, 0.1) is 5.92 Å². The van der Waals surface area contributed by atoms with Crippen LogP contribution in [0.5, 0.6) is 0 Å². The molecule has 0 aromatic rings. The van der Waals surface area contributed by atoms with Crippen molar-refractivity contribution < 1.29 is 9.59 Å². The first-order valence-electron chi connectivity index (χ1n) is 9.09. The minimum absolute atomic E-state index is 0.0329. The van der Waals surface area contributed by atoms with Gasteiger partial charge in [-0.1, -0.05) is 27.7 Å². The molecule has 3 atom stereocenters. The summed E-state index contributed by atoms with van der Waals surface area (Å²) >= 11 is 0. The third-order valence-corrected chi connectivity index (χ3v) is 5.74. The molecule has 132 valence electrons. The Labute approximate surface area is 140 Å². The SMILES string of the molecule is CCC(C)C(=O)N1CCCC(C(=O)N2CCC(N)C(C)(C)C2)C1. The molecule has 2 aliphatic rings. The van der Waals surface area contributed by atoms with Gasteiger partial charge in [-0.3, -0.25) is 9.59 Å². The summed E-state index contributed by atoms with van der Waals surface area (Å²) in [4.78, 5) is 29.2. The number of nitrogens with two attached hydrogens (primary N) is 1. The highest BCUT2D eigenvalue weighted by Gasteiger charge is 2.38. The summed E-state index contributed by atoms with van der Waals surface area (Å²) in [5.74, 6) is 0.426. The molecule has 0 radical (unpaired) electrons. The molecule has 0 spiro atoms. The van der Waals surface area contributed by atoms with Crippen molar-refractivity contribution in [3.05, 3.63) is 0 Å². The zero-order valence-corrected chi connectivity index (χ0v) is 15.2. The Bertz CT molecular complexity index is 450. The summed E-state index contributed by atoms with van der Waals surface area (Å²) in [5, 5.41) is 0. The fraction of sp³-hybridized carbons (Fsp3) is 0.889. The molecule has 0 bridgehead atoms. The van der Waals surface area contributed by atoms with Crippen LogP contribution in [0.4, 0.5) is 0 Å². The second-order valence-corrected chi connectivity index (χ2v) is 8.08. The average Bonchev–Trinajstić information content (AvgIpc) is 2.55. The van der Waals surface area contributed by atoms with E-state index in [0.29, 0.717) is 6.54 Å². The summed E-state index contributed by atoms with van der Waals surface area (Å²) in [5.41, 5.74) is 6.14. The van der Waals surface area contributed by atoms with Gasteiger partial charge in [0.15, 0.2) is 0 Å². The molecular formula is C18H33N3O2. The van der Waals surface area contributed by atoms with E-state index >= 15 is 0 Å². The normalized spacial score (nSPS) is 29.3. The van der Waals surface area contributed by atoms with Crippen LogP contribution >= 0.6 is 0 Å². The molecule has 0 aromatic heterocycles. The number of carbonyl (C=O) groups is 2. The fourth-order valence-electron chi connectivity index (χ4n) is 3.69. The van der Waals surface area contributed by atoms with Gasteiger partial charge in [0.2, 0.25) is 11.8 Å². The number of carbonyl (C=O) groups excluding carboxylic acids is 2. The van der Waals surface area contributed by atoms with Gasteiger partial charge in [-0.25, -0.2) is 0 Å². The van der Waals surface area contributed by atoms with E-state index in [2.05, 4.69) is 13.8 Å². The lowest BCUT2D eigenvalue weighted by atomic mass is 9.79. The first-order valence-corrected chi connectivity index (χ1v) is 9.09. The molecule has 2 amide bonds. The topological polar surface area (TPSA) is 66.6 Å². The summed E-state index contributed by atoms with van der Waals surface area (Å²) in [6.45, 7) is 11.1. The van der Waals surface area contributed by atoms with E-state index < -0.39 is 0 Å². The molecule has 3 unspecified atom stereocenters. The van der Waals surface area contributed by atoms with Crippen LogP contribution in [0.3, 0.4) is 0 Å². The Kier molecular flexibility index (Phi) is 5.71. The van der Waals surface area contributed by atoms with Crippen LogP contribution in [0, 0.1) is 17.3 Å². The maximum absolute atomic E-state index is 12.9. The number of nitrogens with zero attached hydrogens (tertiary/aromatic N) is 2. The highest BCUT2D eigenvalue weighted by atomic mass is 16.2. The average molecular weight is 323 g/mol. The largest absolute Gasteiger partial charge is 0.342 e. The summed E-state index contributed by atoms with van der Waals surface area (Å²) in [7, 11) is 0. The van der Waals surface area contributed by atoms with Crippen LogP contribution in [0.2, 0.25) is 0 Å². The van der Waals surface area contributed by atoms with Crippen LogP contribution in [-0.2, 0) is 9.59 Å². The maximum Gasteiger partial charge on any atom is 0.227 e. The van der Waals surface area contributed by atoms with Gasteiger partial charge >= 0.3 is 0 Å². The molecule has 5 heteroatoms. The van der Waals surface area contributed by atoms with E-state index in [1.807, 2.05) is 23.6 Å². The van der Waals surface area contributed by atoms with E-state index in [1.54, 1.807) is 0 Å². The second-order valence-electron chi connectivity index (χ2n) is 8.08. The smallest absolute Gasteiger partial charge is 0.227 e. The van der Waals surface area contributed by atoms with Gasteiger partial charge in [0, 0.05) is 38.1 Å². The number of amides is 2. The first kappa shape index (κ1) is 18.2. The molecule has 2 saturated heterocycles. The number of piperidine rings is 2. The summed E-state index contributed by atoms with van der Waals surface area (Å²) < 4.78 is 0. The van der Waals surface area contributed by atoms with E-state index in [9.17, 15) is 9.59 Å². The van der Waals surface area contributed by atoms with Gasteiger partial charge in [-0.05, 0) is 31.1 Å². The van der Waals surface area contributed by atoms with E-state index in [0.717, 1.165) is 45.3 Å². The zero-order chi connectivity index (χ0) is 17.2. The first-order chi connectivity index (χ1) is 10.8. The Hall–Kier alpha value is -1.10. The Morgan fingerprint density at radius 3 is 2.52 bits per heavy atom. The maximum atomic E-state index is 12.9. The van der Waals surface area contributed by atoms with E-state index in [4.69, 9.17) is 5.73 Å². The minimum atomic E-state index is -0.0399. The molecule has 2 heterocycles. The highest BCUT2D eigenvalue weighted by Crippen LogP contribution is 2.30. The van der Waals surface area contributed by atoms with Crippen molar-refractivity contribution in [2.75, 3.05) is 26.2 Å². The van der Waals surface area contributed by atoms with E-state index in [-0.39, 0.29) is 35.1 Å². The lowest BCUT2D eigenvalue weighted by molar-refractivity contribution is -0.144. The van der Waals surface area contributed by atoms with E-state index in [1.165, 1.54) is 0 Å². The van der Waals surface area contributed by atoms with Gasteiger partial charge in [-0.2, -0.15) is 0 Å². The second kappa shape index (κ2) is 7.20. The Morgan fingerprint density at radius 2 is 1.91 bits per heavy atom. The minimum Gasteiger partial charge on any atom is -0.342 e. The van der Waals surface area contributed by atoms with Crippen molar-refractivity contribution in [3.8, 4) is 0 Å². The van der Waals surface area contributed by atoms with Gasteiger partial charge in [0.25, 0.3) is 0 Å².